The Bertz CT molecular complexity index is 336. The third-order valence-electron chi connectivity index (χ3n) is 3.93. The molecule has 0 bridgehead atoms. The zero-order valence-corrected chi connectivity index (χ0v) is 12.9. The fourth-order valence-electron chi connectivity index (χ4n) is 2.71. The van der Waals surface area contributed by atoms with Crippen molar-refractivity contribution >= 4 is 28.3 Å². The molecule has 0 spiro atoms. The van der Waals surface area contributed by atoms with Gasteiger partial charge in [0.15, 0.2) is 0 Å². The molecule has 1 N–H and O–H groups in total. The van der Waals surface area contributed by atoms with Crippen molar-refractivity contribution in [3.8, 4) is 0 Å². The van der Waals surface area contributed by atoms with Crippen molar-refractivity contribution in [2.75, 3.05) is 5.32 Å². The summed E-state index contributed by atoms with van der Waals surface area (Å²) in [6.45, 7) is 4.72. The highest BCUT2D eigenvalue weighted by molar-refractivity contribution is 14.1. The van der Waals surface area contributed by atoms with Crippen LogP contribution in [-0.2, 0) is 0 Å². The number of hydrogen-bond acceptors (Lipinski definition) is 1. The van der Waals surface area contributed by atoms with Crippen molar-refractivity contribution in [2.24, 2.45) is 11.8 Å². The average Bonchev–Trinajstić information content (AvgIpc) is 2.33. The van der Waals surface area contributed by atoms with E-state index in [0.717, 1.165) is 11.8 Å². The summed E-state index contributed by atoms with van der Waals surface area (Å²) in [5, 5.41) is 3.66. The molecule has 1 aliphatic rings. The molecule has 2 rings (SSSR count). The summed E-state index contributed by atoms with van der Waals surface area (Å²) >= 11 is 2.35. The maximum atomic E-state index is 3.66. The van der Waals surface area contributed by atoms with Crippen LogP contribution in [0.25, 0.3) is 0 Å². The van der Waals surface area contributed by atoms with Crippen molar-refractivity contribution < 1.29 is 0 Å². The molecule has 0 aromatic heterocycles. The van der Waals surface area contributed by atoms with Gasteiger partial charge in [0, 0.05) is 15.3 Å². The van der Waals surface area contributed by atoms with Gasteiger partial charge in [-0.2, -0.15) is 0 Å². The van der Waals surface area contributed by atoms with E-state index in [1.54, 1.807) is 0 Å². The summed E-state index contributed by atoms with van der Waals surface area (Å²) in [4.78, 5) is 0. The van der Waals surface area contributed by atoms with Gasteiger partial charge in [-0.25, -0.2) is 0 Å². The van der Waals surface area contributed by atoms with Gasteiger partial charge in [0.05, 0.1) is 0 Å². The van der Waals surface area contributed by atoms with Gasteiger partial charge in [-0.05, 0) is 84.4 Å². The first-order valence-electron chi connectivity index (χ1n) is 6.67. The van der Waals surface area contributed by atoms with E-state index in [1.165, 1.54) is 34.9 Å². The molecule has 1 aliphatic carbocycles. The van der Waals surface area contributed by atoms with Crippen molar-refractivity contribution in [3.05, 3.63) is 27.8 Å². The fourth-order valence-corrected chi connectivity index (χ4v) is 3.07. The lowest BCUT2D eigenvalue weighted by Crippen LogP contribution is -2.27. The highest BCUT2D eigenvalue weighted by Gasteiger charge is 2.22. The summed E-state index contributed by atoms with van der Waals surface area (Å²) in [5.74, 6) is 1.80. The molecule has 1 aromatic carbocycles. The molecule has 2 heteroatoms. The summed E-state index contributed by atoms with van der Waals surface area (Å²) in [6, 6.07) is 9.41. The maximum Gasteiger partial charge on any atom is 0.0343 e. The third kappa shape index (κ3) is 3.87. The number of nitrogens with one attached hydrogen (secondary N) is 1. The normalized spacial score (nSPS) is 24.9. The van der Waals surface area contributed by atoms with E-state index in [9.17, 15) is 0 Å². The molecule has 0 atom stereocenters. The Morgan fingerprint density at radius 1 is 1.06 bits per heavy atom. The summed E-state index contributed by atoms with van der Waals surface area (Å²) in [6.07, 6.45) is 5.43. The van der Waals surface area contributed by atoms with Crippen LogP contribution in [-0.4, -0.2) is 6.04 Å². The second kappa shape index (κ2) is 6.07. The molecular formula is C15H22IN. The third-order valence-corrected chi connectivity index (χ3v) is 4.65. The van der Waals surface area contributed by atoms with Crippen LogP contribution in [0.4, 0.5) is 5.69 Å². The van der Waals surface area contributed by atoms with E-state index < -0.39 is 0 Å². The molecule has 0 radical (unpaired) electrons. The fraction of sp³-hybridized carbons (Fsp3) is 0.600. The average molecular weight is 343 g/mol. The van der Waals surface area contributed by atoms with Gasteiger partial charge in [-0.3, -0.25) is 0 Å². The molecule has 17 heavy (non-hydrogen) atoms. The highest BCUT2D eigenvalue weighted by Crippen LogP contribution is 2.31. The molecule has 1 nitrogen and oxygen atoms in total. The molecular weight excluding hydrogens is 321 g/mol. The Kier molecular flexibility index (Phi) is 4.71. The van der Waals surface area contributed by atoms with Crippen molar-refractivity contribution in [1.82, 2.24) is 0 Å². The molecule has 1 fully saturated rings. The number of anilines is 1. The lowest BCUT2D eigenvalue weighted by Gasteiger charge is -2.31. The quantitative estimate of drug-likeness (QED) is 0.769. The van der Waals surface area contributed by atoms with E-state index in [0.29, 0.717) is 6.04 Å². The van der Waals surface area contributed by atoms with Gasteiger partial charge < -0.3 is 5.32 Å². The predicted molar refractivity (Wildman–Crippen MR) is 83.4 cm³/mol. The van der Waals surface area contributed by atoms with Gasteiger partial charge in [0.25, 0.3) is 0 Å². The van der Waals surface area contributed by atoms with E-state index in [2.05, 4.69) is 66.0 Å². The molecule has 0 saturated heterocycles. The van der Waals surface area contributed by atoms with Crippen molar-refractivity contribution in [2.45, 2.75) is 45.6 Å². The Labute approximate surface area is 119 Å². The van der Waals surface area contributed by atoms with E-state index in [4.69, 9.17) is 0 Å². The Morgan fingerprint density at radius 2 is 1.65 bits per heavy atom. The van der Waals surface area contributed by atoms with Crippen LogP contribution in [0, 0.1) is 15.4 Å². The second-order valence-electron chi connectivity index (χ2n) is 5.51. The first kappa shape index (κ1) is 13.2. The zero-order chi connectivity index (χ0) is 12.3. The van der Waals surface area contributed by atoms with Crippen molar-refractivity contribution in [1.29, 1.82) is 0 Å². The van der Waals surface area contributed by atoms with Crippen LogP contribution < -0.4 is 5.32 Å². The summed E-state index contributed by atoms with van der Waals surface area (Å²) in [5.41, 5.74) is 1.28. The van der Waals surface area contributed by atoms with Gasteiger partial charge in [0.1, 0.15) is 0 Å². The first-order chi connectivity index (χ1) is 8.15. The van der Waals surface area contributed by atoms with Crippen LogP contribution in [0.1, 0.15) is 39.5 Å². The van der Waals surface area contributed by atoms with E-state index in [1.807, 2.05) is 0 Å². The SMILES string of the molecule is CC(C)C1CCC(Nc2ccc(I)cc2)CC1. The monoisotopic (exact) mass is 343 g/mol. The van der Waals surface area contributed by atoms with Crippen LogP contribution in [0.2, 0.25) is 0 Å². The van der Waals surface area contributed by atoms with Crippen LogP contribution in [0.5, 0.6) is 0 Å². The smallest absolute Gasteiger partial charge is 0.0343 e. The number of benzene rings is 1. The zero-order valence-electron chi connectivity index (χ0n) is 10.7. The topological polar surface area (TPSA) is 12.0 Å². The van der Waals surface area contributed by atoms with E-state index >= 15 is 0 Å². The summed E-state index contributed by atoms with van der Waals surface area (Å²) < 4.78 is 1.30. The molecule has 0 heterocycles. The molecule has 0 aliphatic heterocycles. The number of rotatable bonds is 3. The molecule has 0 unspecified atom stereocenters. The van der Waals surface area contributed by atoms with Gasteiger partial charge in [-0.1, -0.05) is 13.8 Å². The van der Waals surface area contributed by atoms with Gasteiger partial charge in [-0.15, -0.1) is 0 Å². The minimum Gasteiger partial charge on any atom is -0.382 e. The standard InChI is InChI=1S/C15H22IN/c1-11(2)12-3-7-14(8-4-12)17-15-9-5-13(16)6-10-15/h5-6,9-12,14,17H,3-4,7-8H2,1-2H3. The minimum absolute atomic E-state index is 0.685. The number of halogens is 1. The maximum absolute atomic E-state index is 3.66. The lowest BCUT2D eigenvalue weighted by molar-refractivity contribution is 0.267. The lowest BCUT2D eigenvalue weighted by atomic mass is 9.79. The van der Waals surface area contributed by atoms with Crippen LogP contribution in [0.15, 0.2) is 24.3 Å². The van der Waals surface area contributed by atoms with E-state index in [-0.39, 0.29) is 0 Å². The Hall–Kier alpha value is -0.250. The molecule has 94 valence electrons. The van der Waals surface area contributed by atoms with Gasteiger partial charge >= 0.3 is 0 Å². The van der Waals surface area contributed by atoms with Crippen LogP contribution in [0.3, 0.4) is 0 Å². The largest absolute Gasteiger partial charge is 0.382 e. The van der Waals surface area contributed by atoms with Crippen molar-refractivity contribution in [3.63, 3.8) is 0 Å². The van der Waals surface area contributed by atoms with Gasteiger partial charge in [0.2, 0.25) is 0 Å². The highest BCUT2D eigenvalue weighted by atomic mass is 127. The Balaban J connectivity index is 1.84. The van der Waals surface area contributed by atoms with Crippen LogP contribution >= 0.6 is 22.6 Å². The number of hydrogen-bond donors (Lipinski definition) is 1. The molecule has 0 amide bonds. The molecule has 1 aromatic rings. The summed E-state index contributed by atoms with van der Waals surface area (Å²) in [7, 11) is 0. The predicted octanol–water partition coefficient (Wildman–Crippen LogP) is 4.92. The Morgan fingerprint density at radius 3 is 2.18 bits per heavy atom. The second-order valence-corrected chi connectivity index (χ2v) is 6.75. The molecule has 1 saturated carbocycles. The first-order valence-corrected chi connectivity index (χ1v) is 7.75. The minimum atomic E-state index is 0.685.